The molecule has 1 saturated heterocycles. The topological polar surface area (TPSA) is 37.4 Å². The number of amides is 1. The van der Waals surface area contributed by atoms with Gasteiger partial charge in [0.05, 0.1) is 12.1 Å². The van der Waals surface area contributed by atoms with E-state index in [4.69, 9.17) is 0 Å². The molecular weight excluding hydrogens is 240 g/mol. The smallest absolute Gasteiger partial charge is 0.257 e. The highest BCUT2D eigenvalue weighted by Crippen LogP contribution is 2.28. The van der Waals surface area contributed by atoms with Crippen molar-refractivity contribution in [1.82, 2.24) is 4.90 Å². The van der Waals surface area contributed by atoms with Gasteiger partial charge in [-0.05, 0) is 32.0 Å². The molecule has 0 saturated carbocycles. The average Bonchev–Trinajstić information content (AvgIpc) is 2.54. The number of Topliss-reactive ketones (excluding diaryl/α,β-unsaturated/α-hetero) is 1. The summed E-state index contributed by atoms with van der Waals surface area (Å²) in [7, 11) is 0. The molecule has 0 atom stereocenters. The molecule has 0 N–H and O–H groups in total. The van der Waals surface area contributed by atoms with Crippen molar-refractivity contribution >= 4 is 11.7 Å². The minimum atomic E-state index is -0.781. The fourth-order valence-corrected chi connectivity index (χ4v) is 2.18. The number of ketones is 1. The highest BCUT2D eigenvalue weighted by molar-refractivity contribution is 5.99. The minimum absolute atomic E-state index is 0.0538. The molecule has 18 heavy (non-hydrogen) atoms. The van der Waals surface area contributed by atoms with Crippen molar-refractivity contribution in [1.29, 1.82) is 0 Å². The summed E-state index contributed by atoms with van der Waals surface area (Å²) in [4.78, 5) is 24.8. The van der Waals surface area contributed by atoms with Crippen LogP contribution in [0.15, 0.2) is 18.2 Å². The van der Waals surface area contributed by atoms with Crippen LogP contribution in [0, 0.1) is 11.6 Å². The normalized spacial score (nSPS) is 18.2. The zero-order valence-electron chi connectivity index (χ0n) is 10.2. The molecule has 1 amide bonds. The number of rotatable bonds is 1. The molecule has 1 fully saturated rings. The first-order chi connectivity index (χ1) is 8.31. The second-order valence-corrected chi connectivity index (χ2v) is 5.04. The van der Waals surface area contributed by atoms with E-state index in [0.29, 0.717) is 0 Å². The van der Waals surface area contributed by atoms with Gasteiger partial charge in [0.15, 0.2) is 5.78 Å². The highest BCUT2D eigenvalue weighted by Gasteiger charge is 2.41. The first kappa shape index (κ1) is 12.7. The fraction of sp³-hybridized carbons (Fsp3) is 0.385. The summed E-state index contributed by atoms with van der Waals surface area (Å²) in [6.45, 7) is 3.40. The van der Waals surface area contributed by atoms with Gasteiger partial charge in [-0.15, -0.1) is 0 Å². The van der Waals surface area contributed by atoms with Crippen LogP contribution in [-0.2, 0) is 4.79 Å². The van der Waals surface area contributed by atoms with Gasteiger partial charge in [0, 0.05) is 12.0 Å². The molecule has 0 radical (unpaired) electrons. The number of halogens is 2. The van der Waals surface area contributed by atoms with Crippen LogP contribution >= 0.6 is 0 Å². The molecular formula is C13H13F2NO2. The SMILES string of the molecule is CC1(C)CC(=O)CN1C(=O)c1cc(F)ccc1F. The van der Waals surface area contributed by atoms with Crippen LogP contribution in [0.2, 0.25) is 0 Å². The van der Waals surface area contributed by atoms with Gasteiger partial charge in [-0.2, -0.15) is 0 Å². The van der Waals surface area contributed by atoms with Gasteiger partial charge < -0.3 is 4.90 Å². The third-order valence-electron chi connectivity index (χ3n) is 3.10. The Labute approximate surface area is 103 Å². The molecule has 1 aliphatic rings. The Balaban J connectivity index is 2.37. The molecule has 0 unspecified atom stereocenters. The van der Waals surface area contributed by atoms with Crippen molar-refractivity contribution in [2.75, 3.05) is 6.54 Å². The van der Waals surface area contributed by atoms with Crippen molar-refractivity contribution in [3.8, 4) is 0 Å². The lowest BCUT2D eigenvalue weighted by Gasteiger charge is -2.30. The van der Waals surface area contributed by atoms with Crippen molar-refractivity contribution < 1.29 is 18.4 Å². The third kappa shape index (κ3) is 2.12. The lowest BCUT2D eigenvalue weighted by atomic mass is 10.0. The second kappa shape index (κ2) is 4.15. The summed E-state index contributed by atoms with van der Waals surface area (Å²) in [5.41, 5.74) is -0.995. The molecule has 96 valence electrons. The van der Waals surface area contributed by atoms with E-state index in [-0.39, 0.29) is 24.3 Å². The van der Waals surface area contributed by atoms with E-state index in [9.17, 15) is 18.4 Å². The lowest BCUT2D eigenvalue weighted by molar-refractivity contribution is -0.116. The monoisotopic (exact) mass is 253 g/mol. The van der Waals surface area contributed by atoms with Gasteiger partial charge in [0.2, 0.25) is 0 Å². The number of likely N-dealkylation sites (tertiary alicyclic amines) is 1. The van der Waals surface area contributed by atoms with Gasteiger partial charge in [-0.1, -0.05) is 0 Å². The molecule has 1 aliphatic heterocycles. The van der Waals surface area contributed by atoms with E-state index in [2.05, 4.69) is 0 Å². The molecule has 0 spiro atoms. The number of hydrogen-bond donors (Lipinski definition) is 0. The summed E-state index contributed by atoms with van der Waals surface area (Å²) >= 11 is 0. The third-order valence-corrected chi connectivity index (χ3v) is 3.10. The largest absolute Gasteiger partial charge is 0.326 e. The minimum Gasteiger partial charge on any atom is -0.326 e. The molecule has 1 aromatic carbocycles. The summed E-state index contributed by atoms with van der Waals surface area (Å²) < 4.78 is 26.6. The molecule has 5 heteroatoms. The van der Waals surface area contributed by atoms with Gasteiger partial charge in [0.25, 0.3) is 5.91 Å². The van der Waals surface area contributed by atoms with Crippen LogP contribution in [0.1, 0.15) is 30.6 Å². The van der Waals surface area contributed by atoms with E-state index < -0.39 is 23.1 Å². The highest BCUT2D eigenvalue weighted by atomic mass is 19.1. The molecule has 1 aromatic rings. The van der Waals surface area contributed by atoms with Crippen LogP contribution in [0.3, 0.4) is 0 Å². The molecule has 2 rings (SSSR count). The Morgan fingerprint density at radius 3 is 2.56 bits per heavy atom. The van der Waals surface area contributed by atoms with Gasteiger partial charge in [-0.25, -0.2) is 8.78 Å². The predicted molar refractivity (Wildman–Crippen MR) is 61.1 cm³/mol. The van der Waals surface area contributed by atoms with Crippen LogP contribution in [0.4, 0.5) is 8.78 Å². The summed E-state index contributed by atoms with van der Waals surface area (Å²) in [6.07, 6.45) is 0.232. The van der Waals surface area contributed by atoms with Crippen LogP contribution in [0.5, 0.6) is 0 Å². The van der Waals surface area contributed by atoms with Gasteiger partial charge >= 0.3 is 0 Å². The van der Waals surface area contributed by atoms with Crippen LogP contribution in [0.25, 0.3) is 0 Å². The Kier molecular flexibility index (Phi) is 2.92. The Morgan fingerprint density at radius 2 is 2.00 bits per heavy atom. The van der Waals surface area contributed by atoms with Crippen molar-refractivity contribution in [3.63, 3.8) is 0 Å². The number of carbonyl (C=O) groups excluding carboxylic acids is 2. The van der Waals surface area contributed by atoms with E-state index in [1.807, 2.05) is 0 Å². The molecule has 1 heterocycles. The summed E-state index contributed by atoms with van der Waals surface area (Å²) in [6, 6.07) is 2.72. The fourth-order valence-electron chi connectivity index (χ4n) is 2.18. The standard InChI is InChI=1S/C13H13F2NO2/c1-13(2)6-9(17)7-16(13)12(18)10-5-8(14)3-4-11(10)15/h3-5H,6-7H2,1-2H3. The Morgan fingerprint density at radius 1 is 1.33 bits per heavy atom. The molecule has 3 nitrogen and oxygen atoms in total. The number of hydrogen-bond acceptors (Lipinski definition) is 2. The number of benzene rings is 1. The Hall–Kier alpha value is -1.78. The first-order valence-electron chi connectivity index (χ1n) is 5.60. The Bertz CT molecular complexity index is 526. The lowest BCUT2D eigenvalue weighted by Crippen LogP contribution is -2.43. The zero-order valence-corrected chi connectivity index (χ0v) is 10.2. The molecule has 0 aliphatic carbocycles. The zero-order chi connectivity index (χ0) is 13.5. The second-order valence-electron chi connectivity index (χ2n) is 5.04. The molecule has 0 aromatic heterocycles. The van der Waals surface area contributed by atoms with E-state index in [1.165, 1.54) is 4.90 Å². The van der Waals surface area contributed by atoms with Crippen molar-refractivity contribution in [2.45, 2.75) is 25.8 Å². The van der Waals surface area contributed by atoms with E-state index in [1.54, 1.807) is 13.8 Å². The number of carbonyl (C=O) groups is 2. The maximum atomic E-state index is 13.5. The van der Waals surface area contributed by atoms with E-state index >= 15 is 0 Å². The molecule has 0 bridgehead atoms. The first-order valence-corrected chi connectivity index (χ1v) is 5.60. The quantitative estimate of drug-likeness (QED) is 0.769. The van der Waals surface area contributed by atoms with Crippen molar-refractivity contribution in [3.05, 3.63) is 35.4 Å². The summed E-state index contributed by atoms with van der Waals surface area (Å²) in [5.74, 6) is -2.19. The maximum Gasteiger partial charge on any atom is 0.257 e. The van der Waals surface area contributed by atoms with Crippen LogP contribution in [-0.4, -0.2) is 28.7 Å². The average molecular weight is 253 g/mol. The van der Waals surface area contributed by atoms with Gasteiger partial charge in [0.1, 0.15) is 11.6 Å². The van der Waals surface area contributed by atoms with Gasteiger partial charge in [-0.3, -0.25) is 9.59 Å². The van der Waals surface area contributed by atoms with E-state index in [0.717, 1.165) is 18.2 Å². The summed E-state index contributed by atoms with van der Waals surface area (Å²) in [5, 5.41) is 0. The number of nitrogens with zero attached hydrogens (tertiary/aromatic N) is 1. The van der Waals surface area contributed by atoms with Crippen LogP contribution < -0.4 is 0 Å². The maximum absolute atomic E-state index is 13.5. The van der Waals surface area contributed by atoms with Crippen molar-refractivity contribution in [2.24, 2.45) is 0 Å². The predicted octanol–water partition coefficient (Wildman–Crippen LogP) is 2.16.